The number of carbonyl (C=O) groups excluding carboxylic acids is 3. The van der Waals surface area contributed by atoms with Gasteiger partial charge in [-0.3, -0.25) is 0 Å². The molecule has 3 rings (SSSR count). The molecule has 0 fully saturated rings. The Hall–Kier alpha value is -4.88. The van der Waals surface area contributed by atoms with E-state index in [-0.39, 0.29) is 30.1 Å². The zero-order valence-corrected chi connectivity index (χ0v) is 29.2. The number of aliphatic hydroxyl groups is 1. The van der Waals surface area contributed by atoms with Crippen LogP contribution < -0.4 is 18.9 Å². The van der Waals surface area contributed by atoms with Crippen molar-refractivity contribution in [1.29, 1.82) is 0 Å². The lowest BCUT2D eigenvalue weighted by molar-refractivity contribution is -0.142. The molecule has 1 N–H and O–H groups in total. The molecule has 0 spiro atoms. The minimum atomic E-state index is -4.92. The summed E-state index contributed by atoms with van der Waals surface area (Å²) in [5.74, 6) is -2.66. The van der Waals surface area contributed by atoms with E-state index in [1.54, 1.807) is 12.1 Å². The van der Waals surface area contributed by atoms with Crippen LogP contribution in [0.15, 0.2) is 79.4 Å². The zero-order chi connectivity index (χ0) is 37.8. The Morgan fingerprint density at radius 2 is 1.23 bits per heavy atom. The van der Waals surface area contributed by atoms with E-state index in [9.17, 15) is 32.7 Å². The number of unbranched alkanes of at least 4 members (excludes halogenated alkanes) is 6. The first-order valence-electron chi connectivity index (χ1n) is 17.2. The van der Waals surface area contributed by atoms with Gasteiger partial charge in [-0.1, -0.05) is 45.6 Å². The van der Waals surface area contributed by atoms with E-state index in [0.717, 1.165) is 37.5 Å². The number of aliphatic hydroxyl groups excluding tert-OH is 1. The molecule has 282 valence electrons. The van der Waals surface area contributed by atoms with E-state index >= 15 is 0 Å². The molecule has 3 aromatic carbocycles. The molecular weight excluding hydrogens is 685 g/mol. The maximum absolute atomic E-state index is 14.0. The number of carbonyl (C=O) groups is 3. The normalized spacial score (nSPS) is 11.7. The third-order valence-electron chi connectivity index (χ3n) is 7.46. The summed E-state index contributed by atoms with van der Waals surface area (Å²) in [6.07, 6.45) is 3.09. The highest BCUT2D eigenvalue weighted by molar-refractivity contribution is 5.92. The molecule has 0 saturated heterocycles. The van der Waals surface area contributed by atoms with Gasteiger partial charge in [0.15, 0.2) is 0 Å². The molecule has 1 atom stereocenters. The maximum Gasteiger partial charge on any atom is 0.420 e. The van der Waals surface area contributed by atoms with Crippen molar-refractivity contribution in [3.8, 4) is 23.0 Å². The van der Waals surface area contributed by atoms with Crippen LogP contribution in [0, 0.1) is 0 Å². The van der Waals surface area contributed by atoms with E-state index in [4.69, 9.17) is 28.4 Å². The average molecular weight is 731 g/mol. The van der Waals surface area contributed by atoms with Gasteiger partial charge in [0.05, 0.1) is 30.9 Å². The summed E-state index contributed by atoms with van der Waals surface area (Å²) >= 11 is 0. The van der Waals surface area contributed by atoms with Gasteiger partial charge in [-0.25, -0.2) is 14.4 Å². The van der Waals surface area contributed by atoms with Crippen molar-refractivity contribution in [1.82, 2.24) is 0 Å². The summed E-state index contributed by atoms with van der Waals surface area (Å²) in [5.41, 5.74) is -1.18. The maximum atomic E-state index is 14.0. The number of rotatable bonds is 23. The number of halogens is 3. The highest BCUT2D eigenvalue weighted by atomic mass is 19.4. The van der Waals surface area contributed by atoms with Crippen LogP contribution >= 0.6 is 0 Å². The molecule has 1 unspecified atom stereocenters. The number of hydrogen-bond donors (Lipinski definition) is 1. The fourth-order valence-corrected chi connectivity index (χ4v) is 4.66. The Bertz CT molecular complexity index is 1560. The van der Waals surface area contributed by atoms with E-state index in [0.29, 0.717) is 50.2 Å². The second-order valence-corrected chi connectivity index (χ2v) is 11.7. The Morgan fingerprint density at radius 3 is 1.81 bits per heavy atom. The summed E-state index contributed by atoms with van der Waals surface area (Å²) in [4.78, 5) is 36.4. The Morgan fingerprint density at radius 1 is 0.712 bits per heavy atom. The molecule has 0 amide bonds. The molecule has 0 saturated carbocycles. The molecule has 0 heterocycles. The summed E-state index contributed by atoms with van der Waals surface area (Å²) in [7, 11) is 0. The van der Waals surface area contributed by atoms with Gasteiger partial charge < -0.3 is 33.5 Å². The first kappa shape index (κ1) is 41.5. The molecule has 3 aromatic rings. The van der Waals surface area contributed by atoms with E-state index in [1.165, 1.54) is 55.7 Å². The molecule has 13 heteroatoms. The fraction of sp³-hybridized carbons (Fsp3) is 0.410. The van der Waals surface area contributed by atoms with Crippen molar-refractivity contribution in [3.05, 3.63) is 96.1 Å². The van der Waals surface area contributed by atoms with Crippen LogP contribution in [0.3, 0.4) is 0 Å². The first-order valence-corrected chi connectivity index (χ1v) is 17.2. The summed E-state index contributed by atoms with van der Waals surface area (Å²) in [5, 5.41) is 9.70. The molecule has 0 aliphatic carbocycles. The fourth-order valence-electron chi connectivity index (χ4n) is 4.66. The smallest absolute Gasteiger partial charge is 0.420 e. The van der Waals surface area contributed by atoms with Gasteiger partial charge in [-0.2, -0.15) is 13.2 Å². The van der Waals surface area contributed by atoms with Crippen molar-refractivity contribution in [2.24, 2.45) is 0 Å². The number of ether oxygens (including phenoxy) is 6. The highest BCUT2D eigenvalue weighted by Gasteiger charge is 2.36. The van der Waals surface area contributed by atoms with Crippen molar-refractivity contribution < 1.29 is 61.1 Å². The minimum absolute atomic E-state index is 0.00416. The van der Waals surface area contributed by atoms with Gasteiger partial charge in [0.25, 0.3) is 0 Å². The predicted molar refractivity (Wildman–Crippen MR) is 186 cm³/mol. The van der Waals surface area contributed by atoms with Crippen LogP contribution in [0.25, 0.3) is 0 Å². The topological polar surface area (TPSA) is 127 Å². The van der Waals surface area contributed by atoms with Crippen molar-refractivity contribution in [3.63, 3.8) is 0 Å². The SMILES string of the molecule is C=CC(=O)OCC(O)COCCCCOc1ccc(C(=O)Oc2ccc(OC(=O)c3ccc(OCCCCCCCC)cc3)cc2C(F)(F)F)cc1. The number of esters is 3. The number of alkyl halides is 3. The molecule has 0 bridgehead atoms. The third kappa shape index (κ3) is 15.2. The van der Waals surface area contributed by atoms with E-state index in [2.05, 4.69) is 13.5 Å². The van der Waals surface area contributed by atoms with Crippen LogP contribution in [-0.4, -0.2) is 62.2 Å². The quantitative estimate of drug-likeness (QED) is 0.0442. The standard InChI is InChI=1S/C39H45F3O10/c1-3-5-6-7-8-9-23-48-31-16-12-28(13-17-31)37(45)51-33-20-21-35(34(25-33)39(40,41)42)52-38(46)29-14-18-32(19-15-29)49-24-11-10-22-47-26-30(43)27-50-36(44)4-2/h4,12-21,25,30,43H,2-3,5-11,22-24,26-27H2,1H3. The molecular formula is C39H45F3O10. The highest BCUT2D eigenvalue weighted by Crippen LogP contribution is 2.39. The zero-order valence-electron chi connectivity index (χ0n) is 29.2. The second kappa shape index (κ2) is 22.1. The van der Waals surface area contributed by atoms with Crippen LogP contribution in [0.4, 0.5) is 13.2 Å². The van der Waals surface area contributed by atoms with Crippen LogP contribution in [0.2, 0.25) is 0 Å². The van der Waals surface area contributed by atoms with Crippen molar-refractivity contribution in [2.45, 2.75) is 70.6 Å². The minimum Gasteiger partial charge on any atom is -0.494 e. The summed E-state index contributed by atoms with van der Waals surface area (Å²) < 4.78 is 73.6. The van der Waals surface area contributed by atoms with E-state index in [1.807, 2.05) is 0 Å². The van der Waals surface area contributed by atoms with Gasteiger partial charge in [-0.15, -0.1) is 0 Å². The summed E-state index contributed by atoms with van der Waals surface area (Å²) in [6, 6.07) is 14.4. The van der Waals surface area contributed by atoms with Crippen molar-refractivity contribution in [2.75, 3.05) is 33.0 Å². The molecule has 0 aromatic heterocycles. The molecule has 10 nitrogen and oxygen atoms in total. The lowest BCUT2D eigenvalue weighted by Gasteiger charge is -2.15. The van der Waals surface area contributed by atoms with Crippen LogP contribution in [0.1, 0.15) is 84.6 Å². The lowest BCUT2D eigenvalue weighted by Crippen LogP contribution is -2.23. The Labute approximate surface area is 301 Å². The Kier molecular flexibility index (Phi) is 17.7. The Balaban J connectivity index is 1.45. The lowest BCUT2D eigenvalue weighted by atomic mass is 10.1. The van der Waals surface area contributed by atoms with Gasteiger partial charge >= 0.3 is 24.1 Å². The van der Waals surface area contributed by atoms with Crippen molar-refractivity contribution >= 4 is 17.9 Å². The van der Waals surface area contributed by atoms with Gasteiger partial charge in [0.2, 0.25) is 0 Å². The largest absolute Gasteiger partial charge is 0.494 e. The monoisotopic (exact) mass is 730 g/mol. The summed E-state index contributed by atoms with van der Waals surface area (Å²) in [6.45, 7) is 6.42. The van der Waals surface area contributed by atoms with Crippen LogP contribution in [0.5, 0.6) is 23.0 Å². The van der Waals surface area contributed by atoms with Gasteiger partial charge in [0, 0.05) is 12.7 Å². The molecule has 0 radical (unpaired) electrons. The molecule has 0 aliphatic heterocycles. The van der Waals surface area contributed by atoms with E-state index < -0.39 is 41.5 Å². The van der Waals surface area contributed by atoms with Gasteiger partial charge in [0.1, 0.15) is 41.3 Å². The first-order chi connectivity index (χ1) is 25.0. The molecule has 0 aliphatic rings. The molecule has 52 heavy (non-hydrogen) atoms. The van der Waals surface area contributed by atoms with Gasteiger partial charge in [-0.05, 0) is 86.0 Å². The number of benzene rings is 3. The second-order valence-electron chi connectivity index (χ2n) is 11.7. The average Bonchev–Trinajstić information content (AvgIpc) is 3.13. The predicted octanol–water partition coefficient (Wildman–Crippen LogP) is 8.15. The number of hydrogen-bond acceptors (Lipinski definition) is 10. The van der Waals surface area contributed by atoms with Crippen LogP contribution in [-0.2, 0) is 20.4 Å². The third-order valence-corrected chi connectivity index (χ3v) is 7.46.